The molecular formula is C12H12BrN3OS. The second-order valence-corrected chi connectivity index (χ2v) is 5.69. The number of hydrogen-bond acceptors (Lipinski definition) is 4. The van der Waals surface area contributed by atoms with Crippen molar-refractivity contribution in [1.29, 1.82) is 5.41 Å². The van der Waals surface area contributed by atoms with E-state index in [9.17, 15) is 0 Å². The first-order chi connectivity index (χ1) is 8.47. The van der Waals surface area contributed by atoms with Crippen LogP contribution in [0.5, 0.6) is 0 Å². The highest BCUT2D eigenvalue weighted by atomic mass is 79.9. The van der Waals surface area contributed by atoms with Gasteiger partial charge >= 0.3 is 0 Å². The van der Waals surface area contributed by atoms with Gasteiger partial charge < -0.3 is 10.2 Å². The highest BCUT2D eigenvalue weighted by Gasteiger charge is 2.12. The molecule has 0 saturated heterocycles. The van der Waals surface area contributed by atoms with Crippen molar-refractivity contribution in [2.24, 2.45) is 5.73 Å². The first kappa shape index (κ1) is 13.2. The van der Waals surface area contributed by atoms with E-state index in [1.54, 1.807) is 0 Å². The maximum atomic E-state index is 7.58. The first-order valence-electron chi connectivity index (χ1n) is 5.23. The van der Waals surface area contributed by atoms with Crippen molar-refractivity contribution in [2.45, 2.75) is 24.0 Å². The number of aromatic nitrogens is 1. The third-order valence-corrected chi connectivity index (χ3v) is 3.86. The van der Waals surface area contributed by atoms with E-state index in [1.165, 1.54) is 11.8 Å². The number of nitrogens with two attached hydrogens (primary N) is 1. The van der Waals surface area contributed by atoms with E-state index in [-0.39, 0.29) is 5.84 Å². The Hall–Kier alpha value is -1.27. The van der Waals surface area contributed by atoms with E-state index in [1.807, 2.05) is 32.0 Å². The molecule has 0 aliphatic heterocycles. The van der Waals surface area contributed by atoms with Crippen molar-refractivity contribution in [1.82, 2.24) is 4.98 Å². The minimum absolute atomic E-state index is 0.0267. The number of oxazole rings is 1. The third kappa shape index (κ3) is 2.76. The molecule has 6 heteroatoms. The predicted octanol–water partition coefficient (Wildman–Crippen LogP) is 3.49. The zero-order chi connectivity index (χ0) is 13.3. The average Bonchev–Trinajstić information content (AvgIpc) is 2.60. The van der Waals surface area contributed by atoms with E-state index in [0.29, 0.717) is 10.8 Å². The molecule has 0 bridgehead atoms. The minimum atomic E-state index is 0.0267. The van der Waals surface area contributed by atoms with Crippen molar-refractivity contribution in [3.63, 3.8) is 0 Å². The van der Waals surface area contributed by atoms with Crippen LogP contribution in [0.2, 0.25) is 0 Å². The molecule has 0 saturated carbocycles. The second kappa shape index (κ2) is 5.16. The Balaban J connectivity index is 2.36. The molecule has 94 valence electrons. The maximum Gasteiger partial charge on any atom is 0.261 e. The highest BCUT2D eigenvalue weighted by molar-refractivity contribution is 9.10. The van der Waals surface area contributed by atoms with E-state index in [0.717, 1.165) is 20.8 Å². The third-order valence-electron chi connectivity index (χ3n) is 2.44. The molecule has 0 aliphatic carbocycles. The largest absolute Gasteiger partial charge is 0.436 e. The molecule has 1 aromatic carbocycles. The lowest BCUT2D eigenvalue weighted by atomic mass is 10.2. The first-order valence-corrected chi connectivity index (χ1v) is 6.84. The van der Waals surface area contributed by atoms with Gasteiger partial charge in [-0.15, -0.1) is 0 Å². The summed E-state index contributed by atoms with van der Waals surface area (Å²) in [7, 11) is 0. The quantitative estimate of drug-likeness (QED) is 0.669. The Morgan fingerprint density at radius 3 is 2.72 bits per heavy atom. The van der Waals surface area contributed by atoms with Crippen molar-refractivity contribution in [3.8, 4) is 0 Å². The fourth-order valence-corrected chi connectivity index (χ4v) is 2.70. The van der Waals surface area contributed by atoms with Crippen LogP contribution in [-0.2, 0) is 0 Å². The molecule has 0 radical (unpaired) electrons. The molecule has 3 N–H and O–H groups in total. The molecule has 2 aromatic rings. The SMILES string of the molecule is Cc1nc(Sc2ccc(Br)cc2C(=N)N)oc1C. The van der Waals surface area contributed by atoms with E-state index < -0.39 is 0 Å². The van der Waals surface area contributed by atoms with Crippen LogP contribution in [0.1, 0.15) is 17.0 Å². The summed E-state index contributed by atoms with van der Waals surface area (Å²) in [5.41, 5.74) is 7.11. The number of amidine groups is 1. The van der Waals surface area contributed by atoms with Crippen molar-refractivity contribution in [3.05, 3.63) is 39.7 Å². The van der Waals surface area contributed by atoms with Crippen LogP contribution < -0.4 is 5.73 Å². The van der Waals surface area contributed by atoms with Gasteiger partial charge in [0.15, 0.2) is 0 Å². The van der Waals surface area contributed by atoms with Crippen LogP contribution in [0.3, 0.4) is 0 Å². The number of hydrogen-bond donors (Lipinski definition) is 2. The molecule has 0 amide bonds. The molecule has 2 rings (SSSR count). The van der Waals surface area contributed by atoms with Crippen LogP contribution >= 0.6 is 27.7 Å². The van der Waals surface area contributed by atoms with Crippen molar-refractivity contribution in [2.75, 3.05) is 0 Å². The predicted molar refractivity (Wildman–Crippen MR) is 75.3 cm³/mol. The van der Waals surface area contributed by atoms with Gasteiger partial charge in [-0.3, -0.25) is 5.41 Å². The van der Waals surface area contributed by atoms with Crippen LogP contribution in [-0.4, -0.2) is 10.8 Å². The smallest absolute Gasteiger partial charge is 0.261 e. The summed E-state index contributed by atoms with van der Waals surface area (Å²) in [4.78, 5) is 5.16. The van der Waals surface area contributed by atoms with Gasteiger partial charge in [0.1, 0.15) is 11.6 Å². The molecule has 1 heterocycles. The summed E-state index contributed by atoms with van der Waals surface area (Å²) in [5.74, 6) is 0.831. The number of aryl methyl sites for hydroxylation is 2. The van der Waals surface area contributed by atoms with Crippen LogP contribution in [0.25, 0.3) is 0 Å². The van der Waals surface area contributed by atoms with Crippen LogP contribution in [0.4, 0.5) is 0 Å². The van der Waals surface area contributed by atoms with E-state index >= 15 is 0 Å². The summed E-state index contributed by atoms with van der Waals surface area (Å²) >= 11 is 4.73. The normalized spacial score (nSPS) is 10.6. The Morgan fingerprint density at radius 1 is 1.44 bits per heavy atom. The standard InChI is InChI=1S/C12H12BrN3OS/c1-6-7(2)17-12(16-6)18-10-4-3-8(13)5-9(10)11(14)15/h3-5H,1-2H3,(H3,14,15). The Morgan fingerprint density at radius 2 is 2.17 bits per heavy atom. The lowest BCUT2D eigenvalue weighted by molar-refractivity contribution is 0.431. The molecule has 18 heavy (non-hydrogen) atoms. The Kier molecular flexibility index (Phi) is 3.77. The highest BCUT2D eigenvalue weighted by Crippen LogP contribution is 2.32. The van der Waals surface area contributed by atoms with Gasteiger partial charge in [0.25, 0.3) is 5.22 Å². The number of nitrogens with zero attached hydrogens (tertiary/aromatic N) is 1. The Bertz CT molecular complexity index is 590. The lowest BCUT2D eigenvalue weighted by Gasteiger charge is -2.06. The maximum absolute atomic E-state index is 7.58. The summed E-state index contributed by atoms with van der Waals surface area (Å²) in [6, 6.07) is 5.60. The zero-order valence-electron chi connectivity index (χ0n) is 9.95. The fourth-order valence-electron chi connectivity index (χ4n) is 1.38. The zero-order valence-corrected chi connectivity index (χ0v) is 12.4. The van der Waals surface area contributed by atoms with Gasteiger partial charge in [-0.1, -0.05) is 15.9 Å². The molecule has 0 fully saturated rings. The number of nitrogen functional groups attached to an aromatic ring is 1. The Labute approximate surface area is 118 Å². The van der Waals surface area contributed by atoms with Gasteiger partial charge in [-0.2, -0.15) is 0 Å². The van der Waals surface area contributed by atoms with Gasteiger partial charge in [-0.25, -0.2) is 4.98 Å². The molecule has 0 aliphatic rings. The molecular weight excluding hydrogens is 314 g/mol. The van der Waals surface area contributed by atoms with Crippen LogP contribution in [0.15, 0.2) is 37.2 Å². The molecule has 0 spiro atoms. The number of benzene rings is 1. The van der Waals surface area contributed by atoms with E-state index in [2.05, 4.69) is 20.9 Å². The number of nitrogens with one attached hydrogen (secondary N) is 1. The molecule has 0 atom stereocenters. The van der Waals surface area contributed by atoms with Gasteiger partial charge in [0.05, 0.1) is 5.69 Å². The minimum Gasteiger partial charge on any atom is -0.436 e. The molecule has 4 nitrogen and oxygen atoms in total. The molecule has 1 aromatic heterocycles. The summed E-state index contributed by atoms with van der Waals surface area (Å²) < 4.78 is 6.40. The van der Waals surface area contributed by atoms with Crippen molar-refractivity contribution < 1.29 is 4.42 Å². The van der Waals surface area contributed by atoms with Gasteiger partial charge in [-0.05, 0) is 43.8 Å². The summed E-state index contributed by atoms with van der Waals surface area (Å²) in [6.45, 7) is 3.77. The number of rotatable bonds is 3. The second-order valence-electron chi connectivity index (χ2n) is 3.78. The summed E-state index contributed by atoms with van der Waals surface area (Å²) in [6.07, 6.45) is 0. The van der Waals surface area contributed by atoms with E-state index in [4.69, 9.17) is 15.6 Å². The fraction of sp³-hybridized carbons (Fsp3) is 0.167. The number of halogens is 1. The van der Waals surface area contributed by atoms with Crippen LogP contribution in [0, 0.1) is 19.3 Å². The molecule has 0 unspecified atom stereocenters. The van der Waals surface area contributed by atoms with Gasteiger partial charge in [0, 0.05) is 14.9 Å². The average molecular weight is 326 g/mol. The van der Waals surface area contributed by atoms with Gasteiger partial charge in [0.2, 0.25) is 0 Å². The van der Waals surface area contributed by atoms with Crippen molar-refractivity contribution >= 4 is 33.5 Å². The summed E-state index contributed by atoms with van der Waals surface area (Å²) in [5, 5.41) is 8.14. The topological polar surface area (TPSA) is 75.9 Å². The monoisotopic (exact) mass is 325 g/mol. The lowest BCUT2D eigenvalue weighted by Crippen LogP contribution is -2.12.